The SMILES string of the molecule is NNc1nc(-c2c(F)cccc2Br)nc2sccc12. The highest BCUT2D eigenvalue weighted by Crippen LogP contribution is 2.32. The molecule has 0 amide bonds. The molecule has 4 nitrogen and oxygen atoms in total. The van der Waals surface area contributed by atoms with E-state index in [0.29, 0.717) is 21.7 Å². The van der Waals surface area contributed by atoms with Gasteiger partial charge in [-0.3, -0.25) is 0 Å². The fourth-order valence-corrected chi connectivity index (χ4v) is 3.07. The molecule has 0 atom stereocenters. The van der Waals surface area contributed by atoms with Gasteiger partial charge in [-0.2, -0.15) is 0 Å². The van der Waals surface area contributed by atoms with Crippen molar-refractivity contribution < 1.29 is 4.39 Å². The summed E-state index contributed by atoms with van der Waals surface area (Å²) in [4.78, 5) is 9.41. The summed E-state index contributed by atoms with van der Waals surface area (Å²) >= 11 is 4.77. The molecule has 96 valence electrons. The number of hydrazine groups is 1. The van der Waals surface area contributed by atoms with E-state index in [-0.39, 0.29) is 5.82 Å². The Bertz CT molecular complexity index is 738. The standard InChI is InChI=1S/C12H8BrFN4S/c13-7-2-1-3-8(14)9(7)11-16-10(18-15)6-4-5-19-12(6)17-11/h1-5H,15H2,(H,16,17,18). The van der Waals surface area contributed by atoms with Gasteiger partial charge in [0.05, 0.1) is 10.9 Å². The Kier molecular flexibility index (Phi) is 3.17. The van der Waals surface area contributed by atoms with Crippen LogP contribution in [-0.2, 0) is 0 Å². The Morgan fingerprint density at radius 2 is 2.11 bits per heavy atom. The van der Waals surface area contributed by atoms with Crippen molar-refractivity contribution in [2.75, 3.05) is 5.43 Å². The molecule has 3 rings (SSSR count). The van der Waals surface area contributed by atoms with Crippen molar-refractivity contribution in [3.63, 3.8) is 0 Å². The molecule has 0 saturated heterocycles. The number of hydrogen-bond donors (Lipinski definition) is 2. The van der Waals surface area contributed by atoms with E-state index >= 15 is 0 Å². The molecule has 0 radical (unpaired) electrons. The highest BCUT2D eigenvalue weighted by atomic mass is 79.9. The van der Waals surface area contributed by atoms with Crippen LogP contribution in [0.25, 0.3) is 21.6 Å². The molecule has 0 bridgehead atoms. The number of anilines is 1. The molecule has 7 heteroatoms. The van der Waals surface area contributed by atoms with Crippen molar-refractivity contribution in [1.29, 1.82) is 0 Å². The van der Waals surface area contributed by atoms with Crippen LogP contribution in [0, 0.1) is 5.82 Å². The smallest absolute Gasteiger partial charge is 0.167 e. The fourth-order valence-electron chi connectivity index (χ4n) is 1.79. The Labute approximate surface area is 120 Å². The number of nitrogens with zero attached hydrogens (tertiary/aromatic N) is 2. The third-order valence-electron chi connectivity index (χ3n) is 2.65. The van der Waals surface area contributed by atoms with Gasteiger partial charge in [-0.1, -0.05) is 6.07 Å². The second-order valence-electron chi connectivity index (χ2n) is 3.78. The van der Waals surface area contributed by atoms with Crippen molar-refractivity contribution >= 4 is 43.3 Å². The number of benzene rings is 1. The molecule has 0 fully saturated rings. The fraction of sp³-hybridized carbons (Fsp3) is 0. The summed E-state index contributed by atoms with van der Waals surface area (Å²) in [5.74, 6) is 5.86. The summed E-state index contributed by atoms with van der Waals surface area (Å²) in [5.41, 5.74) is 2.85. The molecule has 0 aliphatic rings. The third-order valence-corrected chi connectivity index (χ3v) is 4.12. The first-order chi connectivity index (χ1) is 9.20. The maximum absolute atomic E-state index is 13.9. The normalized spacial score (nSPS) is 10.9. The average molecular weight is 339 g/mol. The number of nitrogens with two attached hydrogens (primary N) is 1. The van der Waals surface area contributed by atoms with Crippen LogP contribution < -0.4 is 11.3 Å². The molecular formula is C12H8BrFN4S. The van der Waals surface area contributed by atoms with Crippen LogP contribution in [0.2, 0.25) is 0 Å². The molecule has 0 aliphatic heterocycles. The second-order valence-corrected chi connectivity index (χ2v) is 5.53. The van der Waals surface area contributed by atoms with Gasteiger partial charge in [0.15, 0.2) is 11.6 Å². The molecule has 2 heterocycles. The molecule has 0 saturated carbocycles. The lowest BCUT2D eigenvalue weighted by atomic mass is 10.2. The van der Waals surface area contributed by atoms with Gasteiger partial charge in [0.25, 0.3) is 0 Å². The number of halogens is 2. The lowest BCUT2D eigenvalue weighted by molar-refractivity contribution is 0.629. The van der Waals surface area contributed by atoms with Crippen LogP contribution >= 0.6 is 27.3 Å². The topological polar surface area (TPSA) is 63.8 Å². The summed E-state index contributed by atoms with van der Waals surface area (Å²) < 4.78 is 14.5. The molecule has 0 spiro atoms. The molecule has 19 heavy (non-hydrogen) atoms. The van der Waals surface area contributed by atoms with Crippen LogP contribution in [0.4, 0.5) is 10.2 Å². The second kappa shape index (κ2) is 4.84. The van der Waals surface area contributed by atoms with Crippen LogP contribution in [-0.4, -0.2) is 9.97 Å². The van der Waals surface area contributed by atoms with E-state index in [4.69, 9.17) is 5.84 Å². The number of aromatic nitrogens is 2. The van der Waals surface area contributed by atoms with Crippen molar-refractivity contribution in [3.05, 3.63) is 39.9 Å². The summed E-state index contributed by atoms with van der Waals surface area (Å²) in [6.45, 7) is 0. The summed E-state index contributed by atoms with van der Waals surface area (Å²) in [6, 6.07) is 6.61. The number of hydrogen-bond acceptors (Lipinski definition) is 5. The number of nitrogens with one attached hydrogen (secondary N) is 1. The molecule has 3 N–H and O–H groups in total. The van der Waals surface area contributed by atoms with Gasteiger partial charge in [0, 0.05) is 4.47 Å². The predicted octanol–water partition coefficient (Wildman–Crippen LogP) is 3.55. The van der Waals surface area contributed by atoms with E-state index in [1.165, 1.54) is 17.4 Å². The lowest BCUT2D eigenvalue weighted by Gasteiger charge is -2.07. The van der Waals surface area contributed by atoms with Gasteiger partial charge in [0.1, 0.15) is 10.6 Å². The summed E-state index contributed by atoms with van der Waals surface area (Å²) in [7, 11) is 0. The van der Waals surface area contributed by atoms with Crippen LogP contribution in [0.5, 0.6) is 0 Å². The Morgan fingerprint density at radius 1 is 1.26 bits per heavy atom. The lowest BCUT2D eigenvalue weighted by Crippen LogP contribution is -2.10. The van der Waals surface area contributed by atoms with Gasteiger partial charge in [0.2, 0.25) is 0 Å². The number of thiophene rings is 1. The van der Waals surface area contributed by atoms with Crippen LogP contribution in [0.1, 0.15) is 0 Å². The Morgan fingerprint density at radius 3 is 2.84 bits per heavy atom. The van der Waals surface area contributed by atoms with Gasteiger partial charge >= 0.3 is 0 Å². The molecule has 3 aromatic rings. The van der Waals surface area contributed by atoms with Gasteiger partial charge in [-0.05, 0) is 39.5 Å². The van der Waals surface area contributed by atoms with Gasteiger partial charge in [-0.25, -0.2) is 20.2 Å². The molecule has 1 aromatic carbocycles. The molecule has 0 aliphatic carbocycles. The first-order valence-corrected chi connectivity index (χ1v) is 7.04. The van der Waals surface area contributed by atoms with E-state index in [1.54, 1.807) is 12.1 Å². The molecule has 0 unspecified atom stereocenters. The van der Waals surface area contributed by atoms with Crippen LogP contribution in [0.3, 0.4) is 0 Å². The van der Waals surface area contributed by atoms with Crippen molar-refractivity contribution in [2.24, 2.45) is 5.84 Å². The third kappa shape index (κ3) is 2.09. The van der Waals surface area contributed by atoms with E-state index in [1.807, 2.05) is 11.4 Å². The predicted molar refractivity (Wildman–Crippen MR) is 78.3 cm³/mol. The van der Waals surface area contributed by atoms with Gasteiger partial charge in [-0.15, -0.1) is 11.3 Å². The summed E-state index contributed by atoms with van der Waals surface area (Å²) in [5, 5.41) is 2.71. The maximum atomic E-state index is 13.9. The van der Waals surface area contributed by atoms with Crippen molar-refractivity contribution in [1.82, 2.24) is 9.97 Å². The largest absolute Gasteiger partial charge is 0.308 e. The Hall–Kier alpha value is -1.57. The van der Waals surface area contributed by atoms with E-state index in [9.17, 15) is 4.39 Å². The van der Waals surface area contributed by atoms with Crippen molar-refractivity contribution in [2.45, 2.75) is 0 Å². The zero-order valence-electron chi connectivity index (χ0n) is 9.52. The first-order valence-electron chi connectivity index (χ1n) is 5.37. The zero-order chi connectivity index (χ0) is 13.4. The first kappa shape index (κ1) is 12.5. The van der Waals surface area contributed by atoms with E-state index < -0.39 is 0 Å². The highest BCUT2D eigenvalue weighted by Gasteiger charge is 2.15. The number of nitrogen functional groups attached to an aromatic ring is 1. The highest BCUT2D eigenvalue weighted by molar-refractivity contribution is 9.10. The minimum atomic E-state index is -0.381. The zero-order valence-corrected chi connectivity index (χ0v) is 11.9. The Balaban J connectivity index is 2.31. The monoisotopic (exact) mass is 338 g/mol. The quantitative estimate of drug-likeness (QED) is 0.554. The maximum Gasteiger partial charge on any atom is 0.167 e. The summed E-state index contributed by atoms with van der Waals surface area (Å²) in [6.07, 6.45) is 0. The molecular weight excluding hydrogens is 331 g/mol. The average Bonchev–Trinajstić information content (AvgIpc) is 2.85. The molecule has 2 aromatic heterocycles. The minimum absolute atomic E-state index is 0.299. The van der Waals surface area contributed by atoms with Gasteiger partial charge < -0.3 is 5.43 Å². The van der Waals surface area contributed by atoms with E-state index in [2.05, 4.69) is 31.3 Å². The number of fused-ring (bicyclic) bond motifs is 1. The van der Waals surface area contributed by atoms with Crippen LogP contribution in [0.15, 0.2) is 34.1 Å². The minimum Gasteiger partial charge on any atom is -0.308 e. The number of rotatable bonds is 2. The van der Waals surface area contributed by atoms with E-state index in [0.717, 1.165) is 10.2 Å². The van der Waals surface area contributed by atoms with Crippen molar-refractivity contribution in [3.8, 4) is 11.4 Å².